The Hall–Kier alpha value is -0.580. The smallest absolute Gasteiger partial charge is 0.120 e. The zero-order chi connectivity index (χ0) is 11.4. The molecule has 0 spiro atoms. The summed E-state index contributed by atoms with van der Waals surface area (Å²) in [7, 11) is 0. The van der Waals surface area contributed by atoms with Crippen molar-refractivity contribution in [2.75, 3.05) is 13.2 Å². The second kappa shape index (κ2) is 5.49. The van der Waals surface area contributed by atoms with E-state index in [0.29, 0.717) is 5.75 Å². The minimum Gasteiger partial charge on any atom is -0.491 e. The SMILES string of the molecule is Cc1cc(OC[C@H](O)CO)cc(C)c1Br. The number of aryl methyl sites for hydroxylation is 2. The largest absolute Gasteiger partial charge is 0.491 e. The standard InChI is InChI=1S/C11H15BrO3/c1-7-3-10(4-8(2)11(7)12)15-6-9(14)5-13/h3-4,9,13-14H,5-6H2,1-2H3/t9-/m1/s1. The Morgan fingerprint density at radius 3 is 2.33 bits per heavy atom. The van der Waals surface area contributed by atoms with Gasteiger partial charge in [0, 0.05) is 4.47 Å². The van der Waals surface area contributed by atoms with E-state index in [4.69, 9.17) is 14.9 Å². The Kier molecular flexibility index (Phi) is 4.57. The van der Waals surface area contributed by atoms with E-state index in [1.807, 2.05) is 26.0 Å². The molecule has 3 nitrogen and oxygen atoms in total. The molecule has 0 amide bonds. The molecule has 15 heavy (non-hydrogen) atoms. The second-order valence-corrected chi connectivity index (χ2v) is 4.31. The molecular formula is C11H15BrO3. The number of ether oxygens (including phenoxy) is 1. The number of hydrogen-bond acceptors (Lipinski definition) is 3. The van der Waals surface area contributed by atoms with Crippen LogP contribution in [0.25, 0.3) is 0 Å². The molecule has 0 radical (unpaired) electrons. The van der Waals surface area contributed by atoms with Crippen LogP contribution in [-0.4, -0.2) is 29.5 Å². The summed E-state index contributed by atoms with van der Waals surface area (Å²) in [5, 5.41) is 17.8. The van der Waals surface area contributed by atoms with Crippen LogP contribution in [0.3, 0.4) is 0 Å². The van der Waals surface area contributed by atoms with E-state index in [1.165, 1.54) is 0 Å². The van der Waals surface area contributed by atoms with Gasteiger partial charge >= 0.3 is 0 Å². The molecule has 0 unspecified atom stereocenters. The molecule has 0 saturated heterocycles. The van der Waals surface area contributed by atoms with E-state index >= 15 is 0 Å². The molecule has 1 aromatic carbocycles. The van der Waals surface area contributed by atoms with Crippen molar-refractivity contribution >= 4 is 15.9 Å². The van der Waals surface area contributed by atoms with Gasteiger partial charge in [0.15, 0.2) is 0 Å². The predicted molar refractivity (Wildman–Crippen MR) is 62.2 cm³/mol. The van der Waals surface area contributed by atoms with Gasteiger partial charge in [-0.1, -0.05) is 15.9 Å². The molecule has 1 atom stereocenters. The first-order valence-electron chi connectivity index (χ1n) is 4.73. The van der Waals surface area contributed by atoms with Gasteiger partial charge in [0.05, 0.1) is 6.61 Å². The topological polar surface area (TPSA) is 49.7 Å². The quantitative estimate of drug-likeness (QED) is 0.881. The average molecular weight is 275 g/mol. The Morgan fingerprint density at radius 2 is 1.87 bits per heavy atom. The van der Waals surface area contributed by atoms with Gasteiger partial charge in [-0.2, -0.15) is 0 Å². The van der Waals surface area contributed by atoms with E-state index in [0.717, 1.165) is 15.6 Å². The Morgan fingerprint density at radius 1 is 1.33 bits per heavy atom. The molecule has 0 aliphatic carbocycles. The van der Waals surface area contributed by atoms with Crippen molar-refractivity contribution in [1.29, 1.82) is 0 Å². The van der Waals surface area contributed by atoms with Crippen LogP contribution in [0.15, 0.2) is 16.6 Å². The fourth-order valence-electron chi connectivity index (χ4n) is 1.23. The van der Waals surface area contributed by atoms with Crippen molar-refractivity contribution in [3.63, 3.8) is 0 Å². The monoisotopic (exact) mass is 274 g/mol. The molecule has 1 aromatic rings. The Bertz CT molecular complexity index is 316. The molecule has 0 aromatic heterocycles. The summed E-state index contributed by atoms with van der Waals surface area (Å²) >= 11 is 3.46. The summed E-state index contributed by atoms with van der Waals surface area (Å²) in [4.78, 5) is 0. The van der Waals surface area contributed by atoms with E-state index in [2.05, 4.69) is 15.9 Å². The third-order valence-electron chi connectivity index (χ3n) is 2.06. The number of aliphatic hydroxyl groups is 2. The maximum Gasteiger partial charge on any atom is 0.120 e. The average Bonchev–Trinajstić information content (AvgIpc) is 2.22. The molecule has 0 aliphatic rings. The van der Waals surface area contributed by atoms with Gasteiger partial charge in [-0.15, -0.1) is 0 Å². The van der Waals surface area contributed by atoms with Crippen molar-refractivity contribution in [2.45, 2.75) is 20.0 Å². The minimum absolute atomic E-state index is 0.108. The van der Waals surface area contributed by atoms with Crippen molar-refractivity contribution in [3.8, 4) is 5.75 Å². The van der Waals surface area contributed by atoms with E-state index in [-0.39, 0.29) is 13.2 Å². The lowest BCUT2D eigenvalue weighted by molar-refractivity contribution is 0.0536. The number of aliphatic hydroxyl groups excluding tert-OH is 2. The molecule has 0 heterocycles. The van der Waals surface area contributed by atoms with Crippen LogP contribution in [0.1, 0.15) is 11.1 Å². The summed E-state index contributed by atoms with van der Waals surface area (Å²) in [5.74, 6) is 0.709. The highest BCUT2D eigenvalue weighted by molar-refractivity contribution is 9.10. The van der Waals surface area contributed by atoms with Crippen molar-refractivity contribution in [1.82, 2.24) is 0 Å². The Balaban J connectivity index is 2.70. The van der Waals surface area contributed by atoms with Gasteiger partial charge in [-0.25, -0.2) is 0 Å². The highest BCUT2D eigenvalue weighted by Crippen LogP contribution is 2.26. The third-order valence-corrected chi connectivity index (χ3v) is 3.31. The number of benzene rings is 1. The number of rotatable bonds is 4. The zero-order valence-corrected chi connectivity index (χ0v) is 10.4. The summed E-state index contributed by atoms with van der Waals surface area (Å²) in [6.45, 7) is 3.78. The molecule has 2 N–H and O–H groups in total. The lowest BCUT2D eigenvalue weighted by atomic mass is 10.1. The third kappa shape index (κ3) is 3.48. The molecule has 0 aliphatic heterocycles. The molecule has 0 saturated carbocycles. The molecule has 84 valence electrons. The minimum atomic E-state index is -0.825. The first kappa shape index (κ1) is 12.5. The van der Waals surface area contributed by atoms with E-state index < -0.39 is 6.10 Å². The van der Waals surface area contributed by atoms with Crippen molar-refractivity contribution in [2.24, 2.45) is 0 Å². The van der Waals surface area contributed by atoms with Gasteiger partial charge in [0.2, 0.25) is 0 Å². The number of halogens is 1. The van der Waals surface area contributed by atoms with Crippen LogP contribution in [0, 0.1) is 13.8 Å². The molecule has 0 fully saturated rings. The molecule has 4 heteroatoms. The van der Waals surface area contributed by atoms with Crippen LogP contribution in [0.2, 0.25) is 0 Å². The van der Waals surface area contributed by atoms with Crippen LogP contribution < -0.4 is 4.74 Å². The van der Waals surface area contributed by atoms with Gasteiger partial charge in [0.1, 0.15) is 18.5 Å². The highest BCUT2D eigenvalue weighted by atomic mass is 79.9. The summed E-state index contributed by atoms with van der Waals surface area (Å²) < 4.78 is 6.41. The highest BCUT2D eigenvalue weighted by Gasteiger charge is 2.06. The number of hydrogen-bond donors (Lipinski definition) is 2. The lowest BCUT2D eigenvalue weighted by Crippen LogP contribution is -2.21. The van der Waals surface area contributed by atoms with Gasteiger partial charge in [-0.05, 0) is 37.1 Å². The van der Waals surface area contributed by atoms with Crippen LogP contribution >= 0.6 is 15.9 Å². The van der Waals surface area contributed by atoms with Gasteiger partial charge in [-0.3, -0.25) is 0 Å². The fraction of sp³-hybridized carbons (Fsp3) is 0.455. The maximum atomic E-state index is 9.13. The summed E-state index contributed by atoms with van der Waals surface area (Å²) in [6, 6.07) is 3.78. The van der Waals surface area contributed by atoms with Gasteiger partial charge in [0.25, 0.3) is 0 Å². The molecular weight excluding hydrogens is 260 g/mol. The van der Waals surface area contributed by atoms with Crippen molar-refractivity contribution < 1.29 is 14.9 Å². The summed E-state index contributed by atoms with van der Waals surface area (Å²) in [5.41, 5.74) is 2.17. The predicted octanol–water partition coefficient (Wildman–Crippen LogP) is 1.80. The fourth-order valence-corrected chi connectivity index (χ4v) is 1.46. The normalized spacial score (nSPS) is 12.6. The first-order chi connectivity index (χ1) is 7.04. The van der Waals surface area contributed by atoms with Crippen LogP contribution in [-0.2, 0) is 0 Å². The Labute approximate surface area is 97.8 Å². The van der Waals surface area contributed by atoms with Crippen LogP contribution in [0.5, 0.6) is 5.75 Å². The lowest BCUT2D eigenvalue weighted by Gasteiger charge is -2.12. The molecule has 1 rings (SSSR count). The second-order valence-electron chi connectivity index (χ2n) is 3.52. The first-order valence-corrected chi connectivity index (χ1v) is 5.52. The van der Waals surface area contributed by atoms with Crippen LogP contribution in [0.4, 0.5) is 0 Å². The zero-order valence-electron chi connectivity index (χ0n) is 8.83. The molecule has 0 bridgehead atoms. The van der Waals surface area contributed by atoms with E-state index in [1.54, 1.807) is 0 Å². The summed E-state index contributed by atoms with van der Waals surface area (Å²) in [6.07, 6.45) is -0.825. The van der Waals surface area contributed by atoms with Crippen molar-refractivity contribution in [3.05, 3.63) is 27.7 Å². The maximum absolute atomic E-state index is 9.13. The van der Waals surface area contributed by atoms with Gasteiger partial charge < -0.3 is 14.9 Å². The van der Waals surface area contributed by atoms with E-state index in [9.17, 15) is 0 Å².